The number of benzene rings is 2. The molecule has 2 aromatic carbocycles. The topological polar surface area (TPSA) is 51.0 Å². The van der Waals surface area contributed by atoms with E-state index in [2.05, 4.69) is 36.2 Å². The van der Waals surface area contributed by atoms with Crippen molar-refractivity contribution in [3.8, 4) is 11.3 Å². The number of carbonyl (C=O) groups excluding carboxylic acids is 1. The maximum Gasteiger partial charge on any atom is 0.263 e. The first-order valence-electron chi connectivity index (χ1n) is 9.39. The highest BCUT2D eigenvalue weighted by Crippen LogP contribution is 2.26. The molecule has 146 valence electrons. The van der Waals surface area contributed by atoms with E-state index in [0.29, 0.717) is 22.9 Å². The van der Waals surface area contributed by atoms with Crippen molar-refractivity contribution in [3.63, 3.8) is 0 Å². The van der Waals surface area contributed by atoms with Crippen LogP contribution in [0.5, 0.6) is 0 Å². The summed E-state index contributed by atoms with van der Waals surface area (Å²) in [5.41, 5.74) is 5.70. The van der Waals surface area contributed by atoms with Crippen molar-refractivity contribution in [3.05, 3.63) is 88.6 Å². The average molecular weight is 403 g/mol. The molecule has 0 unspecified atom stereocenters. The number of hydrogen-bond donors (Lipinski definition) is 0. The normalized spacial score (nSPS) is 10.9. The second kappa shape index (κ2) is 8.01. The Balaban J connectivity index is 1.73. The lowest BCUT2D eigenvalue weighted by Crippen LogP contribution is -2.26. The number of aromatic nitrogens is 3. The monoisotopic (exact) mass is 402 g/mol. The van der Waals surface area contributed by atoms with Crippen LogP contribution in [0.1, 0.15) is 27.0 Å². The third-order valence-corrected chi connectivity index (χ3v) is 5.64. The van der Waals surface area contributed by atoms with Gasteiger partial charge in [-0.15, -0.1) is 11.3 Å². The largest absolute Gasteiger partial charge is 0.287 e. The summed E-state index contributed by atoms with van der Waals surface area (Å²) in [5, 5.41) is 7.29. The average Bonchev–Trinajstić information content (AvgIpc) is 3.39. The molecule has 2 aromatic heterocycles. The minimum Gasteiger partial charge on any atom is -0.287 e. The molecule has 0 fully saturated rings. The molecule has 0 saturated heterocycles. The number of carbonyl (C=O) groups is 1. The van der Waals surface area contributed by atoms with Gasteiger partial charge >= 0.3 is 0 Å². The van der Waals surface area contributed by atoms with Crippen LogP contribution >= 0.6 is 11.3 Å². The lowest BCUT2D eigenvalue weighted by molar-refractivity contribution is 0.0993. The first-order valence-corrected chi connectivity index (χ1v) is 10.3. The highest BCUT2D eigenvalue weighted by Gasteiger charge is 2.23. The fourth-order valence-corrected chi connectivity index (χ4v) is 3.72. The number of hydrogen-bond acceptors (Lipinski definition) is 4. The first kappa shape index (κ1) is 19.1. The maximum atomic E-state index is 13.3. The molecule has 0 aliphatic heterocycles. The summed E-state index contributed by atoms with van der Waals surface area (Å²) in [6, 6.07) is 16.4. The molecule has 29 heavy (non-hydrogen) atoms. The van der Waals surface area contributed by atoms with Gasteiger partial charge in [-0.05, 0) is 19.4 Å². The molecule has 0 bridgehead atoms. The molecular formula is C23H22N4OS. The van der Waals surface area contributed by atoms with E-state index in [0.717, 1.165) is 11.1 Å². The van der Waals surface area contributed by atoms with Crippen molar-refractivity contribution in [2.75, 3.05) is 11.9 Å². The molecular weight excluding hydrogens is 380 g/mol. The third-order valence-electron chi connectivity index (χ3n) is 4.79. The van der Waals surface area contributed by atoms with Gasteiger partial charge in [0, 0.05) is 30.4 Å². The molecule has 0 radical (unpaired) electrons. The summed E-state index contributed by atoms with van der Waals surface area (Å²) in [7, 11) is 1.75. The van der Waals surface area contributed by atoms with Gasteiger partial charge in [-0.1, -0.05) is 59.7 Å². The van der Waals surface area contributed by atoms with E-state index >= 15 is 0 Å². The van der Waals surface area contributed by atoms with Crippen LogP contribution < -0.4 is 4.90 Å². The highest BCUT2D eigenvalue weighted by molar-refractivity contribution is 7.13. The molecule has 0 spiro atoms. The smallest absolute Gasteiger partial charge is 0.263 e. The minimum absolute atomic E-state index is 0.120. The van der Waals surface area contributed by atoms with Crippen LogP contribution in [0.25, 0.3) is 11.3 Å². The van der Waals surface area contributed by atoms with E-state index in [1.165, 1.54) is 22.5 Å². The molecule has 0 saturated carbocycles. The molecule has 4 aromatic rings. The lowest BCUT2D eigenvalue weighted by Gasteiger charge is -2.13. The number of thiazole rings is 1. The van der Waals surface area contributed by atoms with Gasteiger partial charge in [-0.25, -0.2) is 4.98 Å². The van der Waals surface area contributed by atoms with E-state index in [1.807, 2.05) is 47.4 Å². The Bertz CT molecular complexity index is 1110. The summed E-state index contributed by atoms with van der Waals surface area (Å²) in [6.45, 7) is 4.72. The molecule has 0 atom stereocenters. The van der Waals surface area contributed by atoms with Gasteiger partial charge in [-0.2, -0.15) is 5.10 Å². The van der Waals surface area contributed by atoms with Crippen LogP contribution in [-0.4, -0.2) is 27.7 Å². The Morgan fingerprint density at radius 1 is 1.03 bits per heavy atom. The van der Waals surface area contributed by atoms with Crippen molar-refractivity contribution in [2.45, 2.75) is 20.4 Å². The van der Waals surface area contributed by atoms with Gasteiger partial charge < -0.3 is 0 Å². The summed E-state index contributed by atoms with van der Waals surface area (Å²) in [5.74, 6) is -0.120. The van der Waals surface area contributed by atoms with E-state index in [9.17, 15) is 4.79 Å². The van der Waals surface area contributed by atoms with Crippen LogP contribution in [0.15, 0.2) is 66.3 Å². The predicted molar refractivity (Wildman–Crippen MR) is 118 cm³/mol. The summed E-state index contributed by atoms with van der Waals surface area (Å²) >= 11 is 1.44. The van der Waals surface area contributed by atoms with Gasteiger partial charge in [0.05, 0.1) is 12.1 Å². The van der Waals surface area contributed by atoms with Gasteiger partial charge in [0.2, 0.25) is 0 Å². The zero-order valence-electron chi connectivity index (χ0n) is 16.7. The molecule has 0 aliphatic carbocycles. The van der Waals surface area contributed by atoms with Crippen molar-refractivity contribution in [1.29, 1.82) is 0 Å². The Morgan fingerprint density at radius 3 is 2.31 bits per heavy atom. The predicted octanol–water partition coefficient (Wildman–Crippen LogP) is 4.95. The van der Waals surface area contributed by atoms with Crippen LogP contribution in [0, 0.1) is 13.8 Å². The van der Waals surface area contributed by atoms with Crippen molar-refractivity contribution in [1.82, 2.24) is 14.8 Å². The van der Waals surface area contributed by atoms with Gasteiger partial charge in [0.15, 0.2) is 5.13 Å². The zero-order chi connectivity index (χ0) is 20.4. The number of nitrogens with zero attached hydrogens (tertiary/aromatic N) is 4. The van der Waals surface area contributed by atoms with Crippen LogP contribution in [0.4, 0.5) is 5.13 Å². The maximum absolute atomic E-state index is 13.3. The second-order valence-corrected chi connectivity index (χ2v) is 7.99. The molecule has 6 heteroatoms. The number of amides is 1. The summed E-state index contributed by atoms with van der Waals surface area (Å²) in [4.78, 5) is 19.1. The molecule has 0 N–H and O–H groups in total. The molecule has 5 nitrogen and oxygen atoms in total. The van der Waals surface area contributed by atoms with E-state index < -0.39 is 0 Å². The van der Waals surface area contributed by atoms with E-state index in [1.54, 1.807) is 18.1 Å². The van der Waals surface area contributed by atoms with E-state index in [-0.39, 0.29) is 5.91 Å². The van der Waals surface area contributed by atoms with Crippen LogP contribution in [0.2, 0.25) is 0 Å². The fourth-order valence-electron chi connectivity index (χ4n) is 3.11. The van der Waals surface area contributed by atoms with Crippen molar-refractivity contribution in [2.24, 2.45) is 0 Å². The molecule has 1 amide bonds. The van der Waals surface area contributed by atoms with Gasteiger partial charge in [0.1, 0.15) is 5.69 Å². The first-order chi connectivity index (χ1) is 14.0. The molecule has 4 rings (SSSR count). The third kappa shape index (κ3) is 4.12. The van der Waals surface area contributed by atoms with Gasteiger partial charge in [0.25, 0.3) is 5.91 Å². The van der Waals surface area contributed by atoms with Crippen molar-refractivity contribution < 1.29 is 4.79 Å². The molecule has 2 heterocycles. The Morgan fingerprint density at radius 2 is 1.69 bits per heavy atom. The van der Waals surface area contributed by atoms with Crippen LogP contribution in [0.3, 0.4) is 0 Å². The quantitative estimate of drug-likeness (QED) is 0.475. The minimum atomic E-state index is -0.120. The molecule has 0 aliphatic rings. The zero-order valence-corrected chi connectivity index (χ0v) is 17.5. The SMILES string of the molecule is Cc1ccc(Cn2cc(C(=O)N(C)c3nccs3)c(-c3ccc(C)cc3)n2)cc1. The fraction of sp³-hybridized carbons (Fsp3) is 0.174. The number of rotatable bonds is 5. The summed E-state index contributed by atoms with van der Waals surface area (Å²) in [6.07, 6.45) is 3.53. The lowest BCUT2D eigenvalue weighted by atomic mass is 10.1. The number of aryl methyl sites for hydroxylation is 2. The highest BCUT2D eigenvalue weighted by atomic mass is 32.1. The number of anilines is 1. The van der Waals surface area contributed by atoms with Gasteiger partial charge in [-0.3, -0.25) is 14.4 Å². The Labute approximate surface area is 174 Å². The standard InChI is InChI=1S/C23H22N4OS/c1-16-4-8-18(9-5-16)14-27-15-20(22(28)26(3)23-24-12-13-29-23)21(25-27)19-10-6-17(2)7-11-19/h4-13,15H,14H2,1-3H3. The van der Waals surface area contributed by atoms with Crippen LogP contribution in [-0.2, 0) is 6.54 Å². The Kier molecular flexibility index (Phi) is 5.27. The van der Waals surface area contributed by atoms with E-state index in [4.69, 9.17) is 5.10 Å². The Hall–Kier alpha value is -3.25. The summed E-state index contributed by atoms with van der Waals surface area (Å²) < 4.78 is 1.84. The second-order valence-electron chi connectivity index (χ2n) is 7.12. The van der Waals surface area contributed by atoms with Crippen molar-refractivity contribution >= 4 is 22.4 Å².